The molecule has 11 heteroatoms. The van der Waals surface area contributed by atoms with Crippen LogP contribution in [0, 0.1) is 12.8 Å². The SMILES string of the molecule is Cc1ccc([S+]([O-])N(CCN(C)C)C[C@@H](O)[C@H](Cc2ccccc2)NC(=O)O[C@H]2CO[C@H]3OCC[C@H]32)cc1CO. The van der Waals surface area contributed by atoms with Crippen molar-refractivity contribution in [1.29, 1.82) is 0 Å². The first-order valence-corrected chi connectivity index (χ1v) is 14.8. The van der Waals surface area contributed by atoms with Crippen molar-refractivity contribution in [3.05, 3.63) is 65.2 Å². The number of hydrogen-bond donors (Lipinski definition) is 3. The Morgan fingerprint density at radius 3 is 2.70 bits per heavy atom. The van der Waals surface area contributed by atoms with E-state index < -0.39 is 35.7 Å². The summed E-state index contributed by atoms with van der Waals surface area (Å²) >= 11 is -1.60. The maximum Gasteiger partial charge on any atom is 0.407 e. The molecule has 0 spiro atoms. The monoisotopic (exact) mass is 575 g/mol. The quantitative estimate of drug-likeness (QED) is 0.307. The van der Waals surface area contributed by atoms with Crippen molar-refractivity contribution in [3.8, 4) is 0 Å². The van der Waals surface area contributed by atoms with Crippen LogP contribution >= 0.6 is 0 Å². The number of alkyl carbamates (subject to hydrolysis) is 1. The Morgan fingerprint density at radius 2 is 1.98 bits per heavy atom. The third-order valence-corrected chi connectivity index (χ3v) is 8.88. The summed E-state index contributed by atoms with van der Waals surface area (Å²) in [4.78, 5) is 15.5. The highest BCUT2D eigenvalue weighted by Crippen LogP contribution is 2.33. The molecule has 220 valence electrons. The number of aliphatic hydroxyl groups excluding tert-OH is 2. The van der Waals surface area contributed by atoms with Crippen LogP contribution in [0.5, 0.6) is 0 Å². The molecule has 2 aliphatic rings. The van der Waals surface area contributed by atoms with Crippen LogP contribution in [0.3, 0.4) is 0 Å². The summed E-state index contributed by atoms with van der Waals surface area (Å²) in [5, 5.41) is 24.0. The molecule has 6 atom stereocenters. The topological polar surface area (TPSA) is 127 Å². The second kappa shape index (κ2) is 14.6. The highest BCUT2D eigenvalue weighted by Gasteiger charge is 2.44. The maximum atomic E-state index is 13.7. The van der Waals surface area contributed by atoms with Gasteiger partial charge >= 0.3 is 6.09 Å². The summed E-state index contributed by atoms with van der Waals surface area (Å²) < 4.78 is 32.2. The van der Waals surface area contributed by atoms with Gasteiger partial charge in [-0.1, -0.05) is 36.4 Å². The Labute approximate surface area is 239 Å². The normalized spacial score (nSPS) is 22.8. The van der Waals surface area contributed by atoms with Gasteiger partial charge in [-0.05, 0) is 56.6 Å². The zero-order chi connectivity index (χ0) is 28.6. The van der Waals surface area contributed by atoms with E-state index in [4.69, 9.17) is 14.2 Å². The van der Waals surface area contributed by atoms with Crippen LogP contribution < -0.4 is 5.32 Å². The van der Waals surface area contributed by atoms with Crippen molar-refractivity contribution < 1.29 is 33.8 Å². The van der Waals surface area contributed by atoms with Crippen LogP contribution in [0.25, 0.3) is 0 Å². The predicted molar refractivity (Wildman–Crippen MR) is 151 cm³/mol. The van der Waals surface area contributed by atoms with Gasteiger partial charge in [0, 0.05) is 12.6 Å². The van der Waals surface area contributed by atoms with Gasteiger partial charge in [0.25, 0.3) is 0 Å². The van der Waals surface area contributed by atoms with Crippen molar-refractivity contribution in [2.45, 2.75) is 55.8 Å². The fraction of sp³-hybridized carbons (Fsp3) is 0.552. The number of benzene rings is 2. The number of carbonyl (C=O) groups is 1. The molecule has 3 N–H and O–H groups in total. The molecular weight excluding hydrogens is 534 g/mol. The summed E-state index contributed by atoms with van der Waals surface area (Å²) in [5.41, 5.74) is 2.56. The average molecular weight is 576 g/mol. The number of nitrogens with zero attached hydrogens (tertiary/aromatic N) is 2. The van der Waals surface area contributed by atoms with Gasteiger partial charge in [-0.2, -0.15) is 0 Å². The first-order valence-electron chi connectivity index (χ1n) is 13.7. The van der Waals surface area contributed by atoms with Crippen molar-refractivity contribution in [1.82, 2.24) is 14.5 Å². The van der Waals surface area contributed by atoms with Gasteiger partial charge in [0.15, 0.2) is 11.2 Å². The van der Waals surface area contributed by atoms with Crippen LogP contribution in [-0.2, 0) is 38.6 Å². The number of nitrogens with one attached hydrogen (secondary N) is 1. The largest absolute Gasteiger partial charge is 0.593 e. The molecule has 2 saturated heterocycles. The Balaban J connectivity index is 1.49. The van der Waals surface area contributed by atoms with E-state index in [-0.39, 0.29) is 32.0 Å². The van der Waals surface area contributed by atoms with Gasteiger partial charge in [0.1, 0.15) is 6.10 Å². The number of hydrogen-bond acceptors (Lipinski definition) is 9. The third kappa shape index (κ3) is 8.17. The zero-order valence-electron chi connectivity index (χ0n) is 23.4. The Bertz CT molecular complexity index is 1090. The van der Waals surface area contributed by atoms with Crippen molar-refractivity contribution in [2.24, 2.45) is 5.92 Å². The Kier molecular flexibility index (Phi) is 11.2. The van der Waals surface area contributed by atoms with Crippen molar-refractivity contribution in [3.63, 3.8) is 0 Å². The first-order chi connectivity index (χ1) is 19.2. The molecule has 10 nitrogen and oxygen atoms in total. The van der Waals surface area contributed by atoms with Crippen LogP contribution in [0.1, 0.15) is 23.1 Å². The molecule has 0 aromatic heterocycles. The van der Waals surface area contributed by atoms with Gasteiger partial charge in [-0.3, -0.25) is 0 Å². The number of fused-ring (bicyclic) bond motifs is 1. The van der Waals surface area contributed by atoms with Gasteiger partial charge in [-0.25, -0.2) is 4.79 Å². The van der Waals surface area contributed by atoms with Crippen molar-refractivity contribution in [2.75, 3.05) is 46.9 Å². The molecule has 4 rings (SSSR count). The lowest BCUT2D eigenvalue weighted by atomic mass is 10.0. The molecule has 40 heavy (non-hydrogen) atoms. The number of carbonyl (C=O) groups excluding carboxylic acids is 1. The summed E-state index contributed by atoms with van der Waals surface area (Å²) in [6, 6.07) is 14.2. The van der Waals surface area contributed by atoms with Gasteiger partial charge in [-0.15, -0.1) is 4.31 Å². The van der Waals surface area contributed by atoms with E-state index in [9.17, 15) is 19.6 Å². The van der Waals surface area contributed by atoms with E-state index in [1.807, 2.05) is 62.3 Å². The highest BCUT2D eigenvalue weighted by atomic mass is 32.2. The number of aryl methyl sites for hydroxylation is 1. The summed E-state index contributed by atoms with van der Waals surface area (Å²) in [6.45, 7) is 3.67. The smallest absolute Gasteiger partial charge is 0.407 e. The minimum absolute atomic E-state index is 0.00511. The molecule has 0 saturated carbocycles. The Morgan fingerprint density at radius 1 is 1.20 bits per heavy atom. The fourth-order valence-electron chi connectivity index (χ4n) is 4.99. The van der Waals surface area contributed by atoms with Crippen LogP contribution in [0.4, 0.5) is 4.79 Å². The van der Waals surface area contributed by atoms with Crippen LogP contribution in [0.2, 0.25) is 0 Å². The van der Waals surface area contributed by atoms with Gasteiger partial charge < -0.3 is 39.2 Å². The molecule has 0 bridgehead atoms. The summed E-state index contributed by atoms with van der Waals surface area (Å²) in [5.74, 6) is 0.00511. The molecule has 2 aromatic rings. The van der Waals surface area contributed by atoms with Crippen molar-refractivity contribution >= 4 is 17.5 Å². The van der Waals surface area contributed by atoms with E-state index in [0.717, 1.165) is 17.5 Å². The number of ether oxygens (including phenoxy) is 3. The number of aliphatic hydroxyl groups is 2. The van der Waals surface area contributed by atoms with E-state index in [2.05, 4.69) is 5.32 Å². The van der Waals surface area contributed by atoms with Crippen LogP contribution in [-0.4, -0.2) is 102 Å². The molecule has 0 aliphatic carbocycles. The molecule has 2 aromatic carbocycles. The number of likely N-dealkylation sites (N-methyl/N-ethyl adjacent to an activating group) is 1. The minimum Gasteiger partial charge on any atom is -0.593 e. The van der Waals surface area contributed by atoms with Gasteiger partial charge in [0.2, 0.25) is 0 Å². The van der Waals surface area contributed by atoms with Gasteiger partial charge in [0.05, 0.1) is 62.3 Å². The summed E-state index contributed by atoms with van der Waals surface area (Å²) in [7, 11) is 3.85. The molecule has 2 heterocycles. The number of amides is 1. The first kappa shape index (κ1) is 30.7. The molecule has 1 unspecified atom stereocenters. The second-order valence-corrected chi connectivity index (χ2v) is 12.1. The Hall–Kier alpha value is -2.22. The lowest BCUT2D eigenvalue weighted by Crippen LogP contribution is -2.52. The van der Waals surface area contributed by atoms with E-state index in [0.29, 0.717) is 36.6 Å². The van der Waals surface area contributed by atoms with E-state index in [1.165, 1.54) is 0 Å². The second-order valence-electron chi connectivity index (χ2n) is 10.7. The molecule has 1 amide bonds. The third-order valence-electron chi connectivity index (χ3n) is 7.42. The minimum atomic E-state index is -1.60. The van der Waals surface area contributed by atoms with Crippen LogP contribution in [0.15, 0.2) is 53.4 Å². The average Bonchev–Trinajstić information content (AvgIpc) is 3.56. The molecule has 2 aliphatic heterocycles. The lowest BCUT2D eigenvalue weighted by Gasteiger charge is -2.31. The lowest BCUT2D eigenvalue weighted by molar-refractivity contribution is -0.0907. The highest BCUT2D eigenvalue weighted by molar-refractivity contribution is 7.89. The fourth-order valence-corrected chi connectivity index (χ4v) is 6.25. The maximum absolute atomic E-state index is 13.7. The predicted octanol–water partition coefficient (Wildman–Crippen LogP) is 1.83. The molecular formula is C29H41N3O7S. The molecule has 0 radical (unpaired) electrons. The van der Waals surface area contributed by atoms with E-state index >= 15 is 0 Å². The zero-order valence-corrected chi connectivity index (χ0v) is 24.2. The number of rotatable bonds is 13. The van der Waals surface area contributed by atoms with E-state index in [1.54, 1.807) is 16.4 Å². The standard InChI is InChI=1S/C29H41N3O7S/c1-20-9-10-23(16-22(20)18-33)40(36)32(13-12-31(2)3)17-26(34)25(15-21-7-5-4-6-8-21)30-29(35)39-27-19-38-28-24(27)11-14-37-28/h4-10,16,24-28,33-34H,11-15,17-19H2,1-3H3,(H,30,35)/t24-,25-,26+,27-,28+,40?/m0/s1. The molecule has 2 fully saturated rings. The summed E-state index contributed by atoms with van der Waals surface area (Å²) in [6.07, 6.45) is -1.30.